The molecular formula is C21H16N6O2S2. The Labute approximate surface area is 186 Å². The molecule has 2 aromatic heterocycles. The second-order valence-corrected chi connectivity index (χ2v) is 8.52. The molecule has 2 heterocycles. The second-order valence-electron chi connectivity index (χ2n) is 6.30. The summed E-state index contributed by atoms with van der Waals surface area (Å²) < 4.78 is 5.39. The third kappa shape index (κ3) is 4.79. The Balaban J connectivity index is 1.61. The predicted molar refractivity (Wildman–Crippen MR) is 118 cm³/mol. The number of nitriles is 1. The average Bonchev–Trinajstić information content (AvgIpc) is 3.26. The van der Waals surface area contributed by atoms with Crippen molar-refractivity contribution in [3.05, 3.63) is 65.9 Å². The summed E-state index contributed by atoms with van der Waals surface area (Å²) in [5, 5.41) is 22.2. The number of carbonyl (C=O) groups excluding carboxylic acids is 1. The van der Waals surface area contributed by atoms with Crippen molar-refractivity contribution in [3.63, 3.8) is 0 Å². The van der Waals surface area contributed by atoms with Crippen LogP contribution in [0.4, 0.5) is 5.13 Å². The maximum atomic E-state index is 12.2. The van der Waals surface area contributed by atoms with E-state index >= 15 is 0 Å². The van der Waals surface area contributed by atoms with E-state index in [0.717, 1.165) is 5.56 Å². The van der Waals surface area contributed by atoms with Crippen molar-refractivity contribution in [2.45, 2.75) is 21.8 Å². The first-order valence-corrected chi connectivity index (χ1v) is 10.8. The number of para-hydroxylation sites is 2. The molecule has 1 unspecified atom stereocenters. The van der Waals surface area contributed by atoms with Crippen LogP contribution in [-0.2, 0) is 16.1 Å². The van der Waals surface area contributed by atoms with E-state index in [1.165, 1.54) is 30.2 Å². The second kappa shape index (κ2) is 9.51. The van der Waals surface area contributed by atoms with Crippen LogP contribution in [0.5, 0.6) is 0 Å². The van der Waals surface area contributed by atoms with E-state index < -0.39 is 11.9 Å². The highest BCUT2D eigenvalue weighted by Crippen LogP contribution is 2.36. The summed E-state index contributed by atoms with van der Waals surface area (Å²) in [4.78, 5) is 21.3. The molecule has 4 rings (SSSR count). The zero-order valence-corrected chi connectivity index (χ0v) is 18.0. The van der Waals surface area contributed by atoms with Crippen LogP contribution in [0.25, 0.3) is 11.0 Å². The summed E-state index contributed by atoms with van der Waals surface area (Å²) in [6.45, 7) is 0.625. The van der Waals surface area contributed by atoms with E-state index in [9.17, 15) is 10.1 Å². The lowest BCUT2D eigenvalue weighted by atomic mass is 10.1. The van der Waals surface area contributed by atoms with Crippen LogP contribution in [0.15, 0.2) is 64.0 Å². The van der Waals surface area contributed by atoms with Crippen LogP contribution in [0, 0.1) is 11.3 Å². The molecule has 10 heteroatoms. The van der Waals surface area contributed by atoms with Gasteiger partial charge in [0.15, 0.2) is 10.3 Å². The van der Waals surface area contributed by atoms with Gasteiger partial charge in [-0.05, 0) is 29.5 Å². The first kappa shape index (κ1) is 20.7. The fraction of sp³-hybridized carbons (Fsp3) is 0.143. The maximum Gasteiger partial charge on any atom is 0.329 e. The van der Waals surface area contributed by atoms with Crippen molar-refractivity contribution in [3.8, 4) is 6.07 Å². The molecule has 0 aliphatic heterocycles. The SMILES string of the molecule is COC(=O)C(C#N)c1nc2ccccc2nc1Sc1nnc(NCc2ccccc2)s1. The predicted octanol–water partition coefficient (Wildman–Crippen LogP) is 4.02. The van der Waals surface area contributed by atoms with Gasteiger partial charge in [0, 0.05) is 6.54 Å². The van der Waals surface area contributed by atoms with Crippen molar-refractivity contribution < 1.29 is 9.53 Å². The lowest BCUT2D eigenvalue weighted by molar-refractivity contribution is -0.141. The highest BCUT2D eigenvalue weighted by Gasteiger charge is 2.28. The third-order valence-electron chi connectivity index (χ3n) is 4.28. The lowest BCUT2D eigenvalue weighted by Gasteiger charge is -2.11. The minimum Gasteiger partial charge on any atom is -0.468 e. The average molecular weight is 449 g/mol. The molecule has 1 atom stereocenters. The molecule has 0 saturated carbocycles. The first-order valence-electron chi connectivity index (χ1n) is 9.21. The number of carbonyl (C=O) groups is 1. The fourth-order valence-corrected chi connectivity index (χ4v) is 4.56. The van der Waals surface area contributed by atoms with Crippen molar-refractivity contribution in [1.29, 1.82) is 5.26 Å². The van der Waals surface area contributed by atoms with Gasteiger partial charge in [0.25, 0.3) is 0 Å². The number of hydrogen-bond acceptors (Lipinski definition) is 10. The Hall–Kier alpha value is -3.55. The van der Waals surface area contributed by atoms with Crippen LogP contribution < -0.4 is 5.32 Å². The Morgan fingerprint density at radius 2 is 1.84 bits per heavy atom. The van der Waals surface area contributed by atoms with Crippen molar-refractivity contribution in [1.82, 2.24) is 20.2 Å². The Bertz CT molecular complexity index is 1260. The van der Waals surface area contributed by atoms with E-state index in [0.29, 0.717) is 32.1 Å². The largest absolute Gasteiger partial charge is 0.468 e. The Morgan fingerprint density at radius 3 is 2.55 bits per heavy atom. The topological polar surface area (TPSA) is 114 Å². The van der Waals surface area contributed by atoms with Gasteiger partial charge in [-0.1, -0.05) is 53.8 Å². The smallest absolute Gasteiger partial charge is 0.329 e. The van der Waals surface area contributed by atoms with Gasteiger partial charge in [-0.2, -0.15) is 5.26 Å². The van der Waals surface area contributed by atoms with E-state index in [4.69, 9.17) is 4.74 Å². The van der Waals surface area contributed by atoms with Gasteiger partial charge in [0.1, 0.15) is 10.7 Å². The number of fused-ring (bicyclic) bond motifs is 1. The molecule has 0 amide bonds. The highest BCUT2D eigenvalue weighted by atomic mass is 32.2. The Morgan fingerprint density at radius 1 is 1.13 bits per heavy atom. The number of anilines is 1. The Kier molecular flexibility index (Phi) is 6.35. The van der Waals surface area contributed by atoms with Crippen LogP contribution in [-0.4, -0.2) is 33.2 Å². The number of benzene rings is 2. The molecule has 154 valence electrons. The quantitative estimate of drug-likeness (QED) is 0.419. The van der Waals surface area contributed by atoms with Crippen molar-refractivity contribution >= 4 is 45.2 Å². The van der Waals surface area contributed by atoms with Gasteiger partial charge in [-0.25, -0.2) is 9.97 Å². The molecule has 1 N–H and O–H groups in total. The highest BCUT2D eigenvalue weighted by molar-refractivity contribution is 8.01. The number of ether oxygens (including phenoxy) is 1. The molecule has 0 aliphatic carbocycles. The van der Waals surface area contributed by atoms with Crippen LogP contribution in [0.2, 0.25) is 0 Å². The van der Waals surface area contributed by atoms with Gasteiger partial charge in [0.2, 0.25) is 5.13 Å². The van der Waals surface area contributed by atoms with E-state index in [1.807, 2.05) is 54.6 Å². The normalized spacial score (nSPS) is 11.6. The summed E-state index contributed by atoms with van der Waals surface area (Å²) in [6.07, 6.45) is 0. The van der Waals surface area contributed by atoms with Gasteiger partial charge in [-0.15, -0.1) is 10.2 Å². The summed E-state index contributed by atoms with van der Waals surface area (Å²) in [6, 6.07) is 19.2. The molecule has 31 heavy (non-hydrogen) atoms. The molecule has 0 spiro atoms. The van der Waals surface area contributed by atoms with Crippen molar-refractivity contribution in [2.75, 3.05) is 12.4 Å². The van der Waals surface area contributed by atoms with Gasteiger partial charge >= 0.3 is 5.97 Å². The minimum absolute atomic E-state index is 0.243. The number of methoxy groups -OCH3 is 1. The van der Waals surface area contributed by atoms with Gasteiger partial charge in [-0.3, -0.25) is 4.79 Å². The number of nitrogens with one attached hydrogen (secondary N) is 1. The number of aromatic nitrogens is 4. The maximum absolute atomic E-state index is 12.2. The number of esters is 1. The molecule has 0 radical (unpaired) electrons. The fourth-order valence-electron chi connectivity index (χ4n) is 2.78. The van der Waals surface area contributed by atoms with Crippen molar-refractivity contribution in [2.24, 2.45) is 0 Å². The molecule has 0 bridgehead atoms. The van der Waals surface area contributed by atoms with Crippen LogP contribution >= 0.6 is 23.1 Å². The molecule has 0 aliphatic rings. The third-order valence-corrected chi connectivity index (χ3v) is 6.21. The first-order chi connectivity index (χ1) is 15.2. The summed E-state index contributed by atoms with van der Waals surface area (Å²) in [5.74, 6) is -1.87. The minimum atomic E-state index is -1.19. The lowest BCUT2D eigenvalue weighted by Crippen LogP contribution is -2.15. The molecular weight excluding hydrogens is 432 g/mol. The van der Waals surface area contributed by atoms with E-state index in [2.05, 4.69) is 25.5 Å². The van der Waals surface area contributed by atoms with Crippen LogP contribution in [0.3, 0.4) is 0 Å². The van der Waals surface area contributed by atoms with E-state index in [1.54, 1.807) is 6.07 Å². The standard InChI is InChI=1S/C21H16N6O2S2/c1-29-19(28)14(11-22)17-18(25-16-10-6-5-9-15(16)24-17)30-21-27-26-20(31-21)23-12-13-7-3-2-4-8-13/h2-10,14H,12H2,1H3,(H,23,26). The molecule has 0 saturated heterocycles. The molecule has 0 fully saturated rings. The number of nitrogens with zero attached hydrogens (tertiary/aromatic N) is 5. The zero-order valence-electron chi connectivity index (χ0n) is 16.3. The summed E-state index contributed by atoms with van der Waals surface area (Å²) >= 11 is 2.57. The molecule has 4 aromatic rings. The summed E-state index contributed by atoms with van der Waals surface area (Å²) in [7, 11) is 1.24. The van der Waals surface area contributed by atoms with Gasteiger partial charge in [0.05, 0.1) is 24.2 Å². The van der Waals surface area contributed by atoms with Crippen LogP contribution in [0.1, 0.15) is 17.2 Å². The number of hydrogen-bond donors (Lipinski definition) is 1. The molecule has 8 nitrogen and oxygen atoms in total. The molecule has 2 aromatic carbocycles. The summed E-state index contributed by atoms with van der Waals surface area (Å²) in [5.41, 5.74) is 2.62. The van der Waals surface area contributed by atoms with E-state index in [-0.39, 0.29) is 5.69 Å². The van der Waals surface area contributed by atoms with Gasteiger partial charge < -0.3 is 10.1 Å². The monoisotopic (exact) mass is 448 g/mol. The zero-order chi connectivity index (χ0) is 21.6. The number of rotatable bonds is 7.